The van der Waals surface area contributed by atoms with E-state index >= 15 is 0 Å². The molecule has 41 heavy (non-hydrogen) atoms. The summed E-state index contributed by atoms with van der Waals surface area (Å²) < 4.78 is 21.3. The predicted molar refractivity (Wildman–Crippen MR) is 156 cm³/mol. The number of carbonyl (C=O) groups excluding carboxylic acids is 2. The van der Waals surface area contributed by atoms with Crippen molar-refractivity contribution < 1.29 is 28.5 Å². The highest BCUT2D eigenvalue weighted by Crippen LogP contribution is 2.39. The zero-order valence-electron chi connectivity index (χ0n) is 21.3. The number of alkyl halides is 3. The first-order valence-electron chi connectivity index (χ1n) is 12.3. The molecule has 4 rings (SSSR count). The van der Waals surface area contributed by atoms with Gasteiger partial charge < -0.3 is 18.9 Å². The van der Waals surface area contributed by atoms with Crippen LogP contribution in [0.2, 0.25) is 0 Å². The number of nitrogens with zero attached hydrogens (tertiary/aromatic N) is 3. The minimum Gasteiger partial charge on any atom is -0.459 e. The molecule has 0 aliphatic carbocycles. The molecule has 5 atom stereocenters. The molecule has 3 aromatic carbocycles. The van der Waals surface area contributed by atoms with Crippen LogP contribution >= 0.6 is 46.6 Å². The fourth-order valence-corrected chi connectivity index (χ4v) is 5.31. The summed E-state index contributed by atoms with van der Waals surface area (Å²) in [6.07, 6.45) is -3.43. The number of ether oxygens (including phenoxy) is 4. The minimum atomic E-state index is -2.42. The van der Waals surface area contributed by atoms with Gasteiger partial charge in [-0.15, -0.1) is 0 Å². The molecule has 214 valence electrons. The van der Waals surface area contributed by atoms with E-state index in [-0.39, 0.29) is 13.2 Å². The van der Waals surface area contributed by atoms with Gasteiger partial charge in [-0.2, -0.15) is 0 Å². The number of carbonyl (C=O) groups is 2. The topological polar surface area (TPSA) is 120 Å². The van der Waals surface area contributed by atoms with Gasteiger partial charge >= 0.3 is 11.9 Å². The van der Waals surface area contributed by atoms with Crippen LogP contribution in [0.5, 0.6) is 0 Å². The van der Waals surface area contributed by atoms with Crippen molar-refractivity contribution in [3.63, 3.8) is 0 Å². The fraction of sp³-hybridized carbons (Fsp3) is 0.286. The van der Waals surface area contributed by atoms with E-state index in [9.17, 15) is 15.1 Å². The lowest BCUT2D eigenvalue weighted by Crippen LogP contribution is -2.60. The van der Waals surface area contributed by atoms with Gasteiger partial charge in [0.05, 0.1) is 12.2 Å². The van der Waals surface area contributed by atoms with E-state index in [0.29, 0.717) is 5.56 Å². The van der Waals surface area contributed by atoms with E-state index < -0.39 is 45.5 Å². The fourth-order valence-electron chi connectivity index (χ4n) is 4.04. The van der Waals surface area contributed by atoms with Crippen molar-refractivity contribution in [2.24, 2.45) is 5.11 Å². The highest BCUT2D eigenvalue weighted by Gasteiger charge is 2.51. The molecule has 1 aliphatic rings. The average Bonchev–Trinajstić information content (AvgIpc) is 2.98. The first-order valence-corrected chi connectivity index (χ1v) is 14.3. The zero-order chi connectivity index (χ0) is 29.2. The maximum Gasteiger partial charge on any atom is 0.359 e. The van der Waals surface area contributed by atoms with E-state index in [2.05, 4.69) is 10.0 Å². The third-order valence-electron chi connectivity index (χ3n) is 5.94. The molecule has 0 unspecified atom stereocenters. The van der Waals surface area contributed by atoms with Gasteiger partial charge in [0.2, 0.25) is 0 Å². The van der Waals surface area contributed by atoms with Crippen molar-refractivity contribution in [2.45, 2.75) is 45.1 Å². The molecule has 3 aromatic rings. The molecule has 1 heterocycles. The zero-order valence-corrected chi connectivity index (χ0v) is 24.4. The van der Waals surface area contributed by atoms with Crippen molar-refractivity contribution in [3.05, 3.63) is 113 Å². The standard InChI is InChI=1S/C28H24Cl3N3O6S/c29-28(30,31)27(36)40-23-21(17-38-25(35)19-12-6-2-7-13-19)39-26(41-20-14-8-3-9-15-20)22(33-34-32)24(23)37-16-18-10-4-1-5-11-18/h1-15,21-24,26H,16-17H2/t21-,22-,23-,24-,26+/m1/s1. The number of halogens is 3. The summed E-state index contributed by atoms with van der Waals surface area (Å²) >= 11 is 18.7. The van der Waals surface area contributed by atoms with E-state index in [1.165, 1.54) is 11.8 Å². The third kappa shape index (κ3) is 8.77. The number of benzene rings is 3. The van der Waals surface area contributed by atoms with Crippen molar-refractivity contribution in [2.75, 3.05) is 6.61 Å². The van der Waals surface area contributed by atoms with E-state index in [0.717, 1.165) is 10.5 Å². The van der Waals surface area contributed by atoms with Crippen LogP contribution in [0.1, 0.15) is 15.9 Å². The Balaban J connectivity index is 1.68. The molecule has 13 heteroatoms. The second-order valence-electron chi connectivity index (χ2n) is 8.76. The van der Waals surface area contributed by atoms with Gasteiger partial charge in [-0.05, 0) is 35.4 Å². The molecule has 0 saturated carbocycles. The van der Waals surface area contributed by atoms with Gasteiger partial charge in [0.25, 0.3) is 3.79 Å². The van der Waals surface area contributed by atoms with Gasteiger partial charge in [0.1, 0.15) is 30.3 Å². The number of hydrogen-bond acceptors (Lipinski definition) is 8. The molecule has 0 N–H and O–H groups in total. The smallest absolute Gasteiger partial charge is 0.359 e. The summed E-state index contributed by atoms with van der Waals surface area (Å²) in [6, 6.07) is 25.9. The Morgan fingerprint density at radius 3 is 2.15 bits per heavy atom. The molecule has 9 nitrogen and oxygen atoms in total. The van der Waals surface area contributed by atoms with Crippen LogP contribution in [-0.4, -0.2) is 52.1 Å². The molecule has 1 fully saturated rings. The van der Waals surface area contributed by atoms with Gasteiger partial charge in [0.15, 0.2) is 6.10 Å². The number of esters is 2. The summed E-state index contributed by atoms with van der Waals surface area (Å²) in [5.41, 5.74) is 9.77. The maximum atomic E-state index is 12.8. The molecule has 0 amide bonds. The van der Waals surface area contributed by atoms with Gasteiger partial charge in [0, 0.05) is 9.81 Å². The van der Waals surface area contributed by atoms with Crippen LogP contribution in [0.3, 0.4) is 0 Å². The molecule has 1 saturated heterocycles. The number of azide groups is 1. The summed E-state index contributed by atoms with van der Waals surface area (Å²) in [6.45, 7) is -0.268. The molecule has 0 radical (unpaired) electrons. The number of thioether (sulfide) groups is 1. The molecule has 0 spiro atoms. The molecule has 0 bridgehead atoms. The lowest BCUT2D eigenvalue weighted by atomic mass is 9.97. The highest BCUT2D eigenvalue weighted by atomic mass is 35.6. The summed E-state index contributed by atoms with van der Waals surface area (Å²) in [7, 11) is 0. The van der Waals surface area contributed by atoms with Crippen LogP contribution in [-0.2, 0) is 30.3 Å². The molecular formula is C28H24Cl3N3O6S. The van der Waals surface area contributed by atoms with Crippen molar-refractivity contribution >= 4 is 58.5 Å². The number of rotatable bonds is 10. The maximum absolute atomic E-state index is 12.8. The summed E-state index contributed by atoms with van der Waals surface area (Å²) in [5.74, 6) is -1.82. The van der Waals surface area contributed by atoms with E-state index in [1.54, 1.807) is 30.3 Å². The van der Waals surface area contributed by atoms with E-state index in [1.807, 2.05) is 60.7 Å². The van der Waals surface area contributed by atoms with E-state index in [4.69, 9.17) is 53.8 Å². The first-order chi connectivity index (χ1) is 19.8. The van der Waals surface area contributed by atoms with Crippen LogP contribution in [0, 0.1) is 0 Å². The largest absolute Gasteiger partial charge is 0.459 e. The van der Waals surface area contributed by atoms with Crippen molar-refractivity contribution in [1.29, 1.82) is 0 Å². The summed E-state index contributed by atoms with van der Waals surface area (Å²) in [4.78, 5) is 29.3. The second kappa shape index (κ2) is 14.8. The predicted octanol–water partition coefficient (Wildman–Crippen LogP) is 6.91. The second-order valence-corrected chi connectivity index (χ2v) is 12.2. The Morgan fingerprint density at radius 2 is 1.54 bits per heavy atom. The Morgan fingerprint density at radius 1 is 0.927 bits per heavy atom. The Bertz CT molecular complexity index is 1340. The third-order valence-corrected chi connectivity index (χ3v) is 7.57. The normalized spacial score (nSPS) is 22.3. The Labute approximate surface area is 255 Å². The molecule has 0 aromatic heterocycles. The minimum absolute atomic E-state index is 0.0734. The first kappa shape index (κ1) is 31.0. The quantitative estimate of drug-likeness (QED) is 0.0780. The lowest BCUT2D eigenvalue weighted by molar-refractivity contribution is -0.206. The summed E-state index contributed by atoms with van der Waals surface area (Å²) in [5, 5.41) is 3.96. The van der Waals surface area contributed by atoms with Crippen LogP contribution in [0.4, 0.5) is 0 Å². The Kier molecular flexibility index (Phi) is 11.2. The van der Waals surface area contributed by atoms with Crippen molar-refractivity contribution in [1.82, 2.24) is 0 Å². The van der Waals surface area contributed by atoms with Crippen LogP contribution < -0.4 is 0 Å². The Hall–Kier alpha value is -2.95. The van der Waals surface area contributed by atoms with Crippen LogP contribution in [0.25, 0.3) is 10.4 Å². The lowest BCUT2D eigenvalue weighted by Gasteiger charge is -2.44. The average molecular weight is 637 g/mol. The van der Waals surface area contributed by atoms with Crippen molar-refractivity contribution in [3.8, 4) is 0 Å². The monoisotopic (exact) mass is 635 g/mol. The highest BCUT2D eigenvalue weighted by molar-refractivity contribution is 7.99. The van der Waals surface area contributed by atoms with Crippen LogP contribution in [0.15, 0.2) is 101 Å². The molecular weight excluding hydrogens is 613 g/mol. The SMILES string of the molecule is [N-]=[N+]=N[C@@H]1[C@@H](OCc2ccccc2)[C@H](OC(=O)C(Cl)(Cl)Cl)[C@@H](COC(=O)c2ccccc2)O[C@H]1Sc1ccccc1. The number of hydrogen-bond donors (Lipinski definition) is 0. The van der Waals surface area contributed by atoms with Gasteiger partial charge in [-0.25, -0.2) is 9.59 Å². The molecule has 1 aliphatic heterocycles. The van der Waals surface area contributed by atoms with Gasteiger partial charge in [-0.1, -0.05) is 118 Å². The van der Waals surface area contributed by atoms with Gasteiger partial charge in [-0.3, -0.25) is 0 Å².